The van der Waals surface area contributed by atoms with Gasteiger partial charge in [0.1, 0.15) is 17.2 Å². The van der Waals surface area contributed by atoms with Crippen molar-refractivity contribution in [3.8, 4) is 11.3 Å². The number of pyridine rings is 3. The molecule has 1 aliphatic heterocycles. The number of aromatic nitrogens is 3. The van der Waals surface area contributed by atoms with E-state index in [2.05, 4.69) is 27.2 Å². The maximum Gasteiger partial charge on any atom is 0.313 e. The van der Waals surface area contributed by atoms with Crippen molar-refractivity contribution in [1.82, 2.24) is 15.0 Å². The molecule has 1 aliphatic carbocycles. The summed E-state index contributed by atoms with van der Waals surface area (Å²) in [6.45, 7) is 9.53. The number of halogens is 2. The van der Waals surface area contributed by atoms with E-state index < -0.39 is 12.0 Å². The van der Waals surface area contributed by atoms with Crippen LogP contribution in [0.2, 0.25) is 0 Å². The number of carbonyl (C=O) groups is 1. The van der Waals surface area contributed by atoms with Crippen molar-refractivity contribution in [2.75, 3.05) is 31.7 Å². The SMILES string of the molecule is CC[N+]1(COC(=O)C2CCC([C@@](C)(O)c3ccc(-c4cc(C)cc(Nc5cc(C(F)F)ccn5)n4)cn3)CC2)CCCCC1. The Morgan fingerprint density at radius 3 is 2.48 bits per heavy atom. The number of ether oxygens (including phenoxy) is 1. The fourth-order valence-corrected chi connectivity index (χ4v) is 6.64. The summed E-state index contributed by atoms with van der Waals surface area (Å²) in [6, 6.07) is 10.0. The van der Waals surface area contributed by atoms with Gasteiger partial charge in [-0.2, -0.15) is 0 Å². The van der Waals surface area contributed by atoms with Gasteiger partial charge in [0.15, 0.2) is 0 Å². The Bertz CT molecular complexity index is 1420. The van der Waals surface area contributed by atoms with Gasteiger partial charge < -0.3 is 15.2 Å². The highest BCUT2D eigenvalue weighted by atomic mass is 19.3. The van der Waals surface area contributed by atoms with Gasteiger partial charge in [0.2, 0.25) is 6.73 Å². The van der Waals surface area contributed by atoms with Crippen LogP contribution in [-0.4, -0.2) is 56.9 Å². The second kappa shape index (κ2) is 13.6. The first kappa shape index (κ1) is 31.9. The Labute approximate surface area is 258 Å². The number of likely N-dealkylation sites (tertiary alicyclic amines) is 1. The molecule has 2 N–H and O–H groups in total. The van der Waals surface area contributed by atoms with Crippen molar-refractivity contribution in [2.45, 2.75) is 77.7 Å². The molecule has 236 valence electrons. The van der Waals surface area contributed by atoms with E-state index in [9.17, 15) is 18.7 Å². The standard InChI is InChI=1S/C34H44F2N5O3/c1-4-41(16-6-5-7-17-41)22-44-33(42)24-8-11-27(12-9-24)34(3,43)29-13-10-26(21-38-29)28-18-23(2)19-31(39-28)40-30-20-25(32(35)36)14-15-37-30/h10,13-15,18-21,24,27,32,43H,4-9,11-12,16-17,22H2,1-3H3,(H,37,39,40)/q+1/t24?,27?,34-/m1/s1. The van der Waals surface area contributed by atoms with E-state index in [1.54, 1.807) is 13.1 Å². The van der Waals surface area contributed by atoms with Gasteiger partial charge in [-0.25, -0.2) is 18.7 Å². The van der Waals surface area contributed by atoms with Crippen molar-refractivity contribution < 1.29 is 27.9 Å². The van der Waals surface area contributed by atoms with Crippen molar-refractivity contribution in [2.24, 2.45) is 11.8 Å². The summed E-state index contributed by atoms with van der Waals surface area (Å²) in [7, 11) is 0. The van der Waals surface area contributed by atoms with Gasteiger partial charge >= 0.3 is 5.97 Å². The zero-order chi connectivity index (χ0) is 31.3. The van der Waals surface area contributed by atoms with E-state index in [1.807, 2.05) is 31.2 Å². The van der Waals surface area contributed by atoms with Crippen LogP contribution in [0.4, 0.5) is 20.4 Å². The summed E-state index contributed by atoms with van der Waals surface area (Å²) in [6.07, 6.45) is 6.93. The Hall–Kier alpha value is -3.50. The molecule has 4 heterocycles. The number of rotatable bonds is 10. The number of alkyl halides is 2. The first-order chi connectivity index (χ1) is 21.1. The first-order valence-electron chi connectivity index (χ1n) is 15.8. The number of carbonyl (C=O) groups excluding carboxylic acids is 1. The van der Waals surface area contributed by atoms with E-state index in [-0.39, 0.29) is 29.2 Å². The van der Waals surface area contributed by atoms with Gasteiger partial charge in [-0.05, 0) is 114 Å². The highest BCUT2D eigenvalue weighted by Gasteiger charge is 2.40. The molecular formula is C34H44F2N5O3+. The van der Waals surface area contributed by atoms with Crippen LogP contribution >= 0.6 is 0 Å². The summed E-state index contributed by atoms with van der Waals surface area (Å²) < 4.78 is 33.0. The fourth-order valence-electron chi connectivity index (χ4n) is 6.64. The summed E-state index contributed by atoms with van der Waals surface area (Å²) in [5, 5.41) is 14.6. The Balaban J connectivity index is 1.20. The second-order valence-electron chi connectivity index (χ2n) is 12.7. The Kier molecular flexibility index (Phi) is 9.90. The van der Waals surface area contributed by atoms with E-state index in [1.165, 1.54) is 37.6 Å². The molecule has 8 nitrogen and oxygen atoms in total. The van der Waals surface area contributed by atoms with E-state index in [0.717, 1.165) is 48.1 Å². The van der Waals surface area contributed by atoms with E-state index >= 15 is 0 Å². The van der Waals surface area contributed by atoms with Crippen LogP contribution in [0, 0.1) is 18.8 Å². The number of aliphatic hydroxyl groups is 1. The van der Waals surface area contributed by atoms with Gasteiger partial charge in [0.25, 0.3) is 6.43 Å². The third kappa shape index (κ3) is 7.41. The number of esters is 1. The molecule has 3 aromatic heterocycles. The zero-order valence-corrected chi connectivity index (χ0v) is 25.9. The van der Waals surface area contributed by atoms with Crippen molar-refractivity contribution in [3.63, 3.8) is 0 Å². The molecule has 0 amide bonds. The normalized spacial score (nSPS) is 21.4. The van der Waals surface area contributed by atoms with Crippen LogP contribution < -0.4 is 5.32 Å². The molecule has 0 bridgehead atoms. The second-order valence-corrected chi connectivity index (χ2v) is 12.7. The van der Waals surface area contributed by atoms with Gasteiger partial charge in [-0.15, -0.1) is 0 Å². The molecule has 5 rings (SSSR count). The van der Waals surface area contributed by atoms with Crippen molar-refractivity contribution in [3.05, 3.63) is 65.6 Å². The number of aryl methyl sites for hydroxylation is 1. The lowest BCUT2D eigenvalue weighted by Gasteiger charge is -2.40. The number of hydrogen-bond donors (Lipinski definition) is 2. The molecule has 3 aromatic rings. The molecule has 0 unspecified atom stereocenters. The van der Waals surface area contributed by atoms with Crippen molar-refractivity contribution in [1.29, 1.82) is 0 Å². The highest BCUT2D eigenvalue weighted by molar-refractivity contribution is 5.72. The van der Waals surface area contributed by atoms with Gasteiger partial charge in [-0.1, -0.05) is 0 Å². The monoisotopic (exact) mass is 608 g/mol. The van der Waals surface area contributed by atoms with Gasteiger partial charge in [-0.3, -0.25) is 14.3 Å². The third-order valence-corrected chi connectivity index (χ3v) is 9.61. The van der Waals surface area contributed by atoms with Crippen LogP contribution in [0.1, 0.15) is 82.0 Å². The van der Waals surface area contributed by atoms with Crippen LogP contribution in [-0.2, 0) is 15.1 Å². The molecule has 0 aromatic carbocycles. The van der Waals surface area contributed by atoms with Crippen LogP contribution in [0.3, 0.4) is 0 Å². The van der Waals surface area contributed by atoms with E-state index in [4.69, 9.17) is 4.74 Å². The molecule has 2 fully saturated rings. The summed E-state index contributed by atoms with van der Waals surface area (Å²) in [5.41, 5.74) is 1.66. The molecule has 1 saturated heterocycles. The maximum absolute atomic E-state index is 13.1. The number of nitrogens with one attached hydrogen (secondary N) is 1. The topological polar surface area (TPSA) is 97.2 Å². The van der Waals surface area contributed by atoms with Crippen LogP contribution in [0.5, 0.6) is 0 Å². The lowest BCUT2D eigenvalue weighted by molar-refractivity contribution is -0.946. The Morgan fingerprint density at radius 2 is 1.82 bits per heavy atom. The summed E-state index contributed by atoms with van der Waals surface area (Å²) in [5.74, 6) is 0.521. The lowest BCUT2D eigenvalue weighted by Crippen LogP contribution is -2.53. The molecule has 0 spiro atoms. The maximum atomic E-state index is 13.1. The number of anilines is 2. The number of hydrogen-bond acceptors (Lipinski definition) is 7. The smallest absolute Gasteiger partial charge is 0.313 e. The number of piperidine rings is 1. The van der Waals surface area contributed by atoms with Crippen LogP contribution in [0.25, 0.3) is 11.3 Å². The molecule has 44 heavy (non-hydrogen) atoms. The molecule has 2 aliphatic rings. The third-order valence-electron chi connectivity index (χ3n) is 9.61. The fraction of sp³-hybridized carbons (Fsp3) is 0.529. The number of quaternary nitrogens is 1. The van der Waals surface area contributed by atoms with Gasteiger partial charge in [0.05, 0.1) is 36.9 Å². The minimum absolute atomic E-state index is 0.0228. The highest BCUT2D eigenvalue weighted by Crippen LogP contribution is 2.41. The zero-order valence-electron chi connectivity index (χ0n) is 25.9. The van der Waals surface area contributed by atoms with Gasteiger partial charge in [0, 0.05) is 23.5 Å². The average molecular weight is 609 g/mol. The summed E-state index contributed by atoms with van der Waals surface area (Å²) >= 11 is 0. The quantitative estimate of drug-likeness (QED) is 0.188. The van der Waals surface area contributed by atoms with Crippen LogP contribution in [0.15, 0.2) is 48.8 Å². The predicted molar refractivity (Wildman–Crippen MR) is 165 cm³/mol. The molecular weight excluding hydrogens is 564 g/mol. The number of nitrogens with zero attached hydrogens (tertiary/aromatic N) is 4. The first-order valence-corrected chi connectivity index (χ1v) is 15.8. The summed E-state index contributed by atoms with van der Waals surface area (Å²) in [4.78, 5) is 26.3. The minimum Gasteiger partial charge on any atom is -0.415 e. The average Bonchev–Trinajstić information content (AvgIpc) is 3.04. The molecule has 0 radical (unpaired) electrons. The largest absolute Gasteiger partial charge is 0.415 e. The lowest BCUT2D eigenvalue weighted by atomic mass is 9.73. The van der Waals surface area contributed by atoms with E-state index in [0.29, 0.717) is 36.8 Å². The van der Waals surface area contributed by atoms with Crippen molar-refractivity contribution >= 4 is 17.6 Å². The minimum atomic E-state index is -2.59. The predicted octanol–water partition coefficient (Wildman–Crippen LogP) is 7.06. The molecule has 10 heteroatoms. The Morgan fingerprint density at radius 1 is 1.07 bits per heavy atom. The molecule has 1 atom stereocenters. The molecule has 1 saturated carbocycles.